The Morgan fingerprint density at radius 2 is 1.76 bits per heavy atom. The quantitative estimate of drug-likeness (QED) is 0.919. The maximum atomic E-state index is 13.1. The van der Waals surface area contributed by atoms with Crippen LogP contribution in [-0.4, -0.2) is 9.55 Å². The normalized spacial score (nSPS) is 12.1. The number of anilines is 1. The lowest BCUT2D eigenvalue weighted by molar-refractivity contribution is 0.455. The number of hydrogen-bond donors (Lipinski definition) is 1. The van der Waals surface area contributed by atoms with Crippen molar-refractivity contribution in [2.75, 3.05) is 5.73 Å². The van der Waals surface area contributed by atoms with Crippen LogP contribution >= 0.6 is 0 Å². The van der Waals surface area contributed by atoms with E-state index in [1.807, 2.05) is 0 Å². The van der Waals surface area contributed by atoms with Gasteiger partial charge < -0.3 is 10.3 Å². The highest BCUT2D eigenvalue weighted by Crippen LogP contribution is 2.32. The fourth-order valence-electron chi connectivity index (χ4n) is 2.41. The third-order valence-electron chi connectivity index (χ3n) is 3.34. The standard InChI is InChI=1S/C17H24FN3/c1-11(2)10-21-15(19)14(20-16(21)17(3,4)5)12-6-8-13(18)9-7-12/h6-9,11H,10,19H2,1-5H3. The first-order chi connectivity index (χ1) is 9.70. The van der Waals surface area contributed by atoms with Crippen molar-refractivity contribution in [2.45, 2.75) is 46.6 Å². The number of benzene rings is 1. The van der Waals surface area contributed by atoms with Crippen LogP contribution < -0.4 is 5.73 Å². The number of rotatable bonds is 3. The zero-order valence-electron chi connectivity index (χ0n) is 13.4. The van der Waals surface area contributed by atoms with Crippen molar-refractivity contribution in [3.05, 3.63) is 35.9 Å². The molecule has 0 radical (unpaired) electrons. The minimum absolute atomic E-state index is 0.0959. The van der Waals surface area contributed by atoms with Crippen LogP contribution in [0.4, 0.5) is 10.2 Å². The molecule has 0 unspecified atom stereocenters. The van der Waals surface area contributed by atoms with E-state index < -0.39 is 0 Å². The summed E-state index contributed by atoms with van der Waals surface area (Å²) in [5, 5.41) is 0. The molecule has 0 aliphatic carbocycles. The van der Waals surface area contributed by atoms with Gasteiger partial charge in [0.15, 0.2) is 0 Å². The van der Waals surface area contributed by atoms with Crippen LogP contribution in [0.1, 0.15) is 40.4 Å². The van der Waals surface area contributed by atoms with E-state index in [1.54, 1.807) is 12.1 Å². The van der Waals surface area contributed by atoms with Crippen LogP contribution in [0.15, 0.2) is 24.3 Å². The Bertz CT molecular complexity index is 619. The van der Waals surface area contributed by atoms with E-state index >= 15 is 0 Å². The van der Waals surface area contributed by atoms with Crippen LogP contribution in [0.2, 0.25) is 0 Å². The SMILES string of the molecule is CC(C)Cn1c(C(C)(C)C)nc(-c2ccc(F)cc2)c1N. The smallest absolute Gasteiger partial charge is 0.131 e. The van der Waals surface area contributed by atoms with Crippen molar-refractivity contribution >= 4 is 5.82 Å². The number of nitrogens with zero attached hydrogens (tertiary/aromatic N) is 2. The Morgan fingerprint density at radius 1 is 1.19 bits per heavy atom. The molecule has 1 aromatic heterocycles. The van der Waals surface area contributed by atoms with E-state index in [2.05, 4.69) is 39.2 Å². The molecule has 0 spiro atoms. The predicted molar refractivity (Wildman–Crippen MR) is 85.6 cm³/mol. The number of imidazole rings is 1. The molecule has 1 heterocycles. The van der Waals surface area contributed by atoms with Gasteiger partial charge in [-0.15, -0.1) is 0 Å². The molecule has 0 fully saturated rings. The van der Waals surface area contributed by atoms with Gasteiger partial charge in [-0.1, -0.05) is 34.6 Å². The molecule has 0 saturated carbocycles. The first-order valence-electron chi connectivity index (χ1n) is 7.32. The Kier molecular flexibility index (Phi) is 4.08. The van der Waals surface area contributed by atoms with Crippen LogP contribution in [0.25, 0.3) is 11.3 Å². The van der Waals surface area contributed by atoms with Gasteiger partial charge in [0, 0.05) is 17.5 Å². The van der Waals surface area contributed by atoms with Gasteiger partial charge in [0.1, 0.15) is 23.2 Å². The summed E-state index contributed by atoms with van der Waals surface area (Å²) < 4.78 is 15.2. The van der Waals surface area contributed by atoms with Crippen molar-refractivity contribution < 1.29 is 4.39 Å². The Balaban J connectivity index is 2.58. The minimum Gasteiger partial charge on any atom is -0.383 e. The average Bonchev–Trinajstić information content (AvgIpc) is 2.68. The van der Waals surface area contributed by atoms with E-state index in [1.165, 1.54) is 12.1 Å². The topological polar surface area (TPSA) is 43.8 Å². The summed E-state index contributed by atoms with van der Waals surface area (Å²) in [5.74, 6) is 1.84. The van der Waals surface area contributed by atoms with Crippen molar-refractivity contribution in [2.24, 2.45) is 5.92 Å². The highest BCUT2D eigenvalue weighted by atomic mass is 19.1. The lowest BCUT2D eigenvalue weighted by Crippen LogP contribution is -2.21. The highest BCUT2D eigenvalue weighted by molar-refractivity contribution is 5.71. The molecular formula is C17H24FN3. The summed E-state index contributed by atoms with van der Waals surface area (Å²) in [6.45, 7) is 11.5. The van der Waals surface area contributed by atoms with Gasteiger partial charge in [-0.25, -0.2) is 9.37 Å². The summed E-state index contributed by atoms with van der Waals surface area (Å²) in [4.78, 5) is 4.75. The number of nitrogen functional groups attached to an aromatic ring is 1. The van der Waals surface area contributed by atoms with E-state index in [0.717, 1.165) is 23.6 Å². The molecule has 0 saturated heterocycles. The molecule has 0 aliphatic heterocycles. The molecule has 0 aliphatic rings. The predicted octanol–water partition coefficient (Wildman–Crippen LogP) is 4.22. The molecule has 0 bridgehead atoms. The largest absolute Gasteiger partial charge is 0.383 e. The number of nitrogens with two attached hydrogens (primary N) is 1. The van der Waals surface area contributed by atoms with E-state index in [4.69, 9.17) is 10.7 Å². The monoisotopic (exact) mass is 289 g/mol. The molecule has 0 amide bonds. The summed E-state index contributed by atoms with van der Waals surface area (Å²) >= 11 is 0. The summed E-state index contributed by atoms with van der Waals surface area (Å²) in [5.41, 5.74) is 7.82. The number of aromatic nitrogens is 2. The third-order valence-corrected chi connectivity index (χ3v) is 3.34. The molecule has 114 valence electrons. The Labute approximate surface area is 126 Å². The highest BCUT2D eigenvalue weighted by Gasteiger charge is 2.25. The lowest BCUT2D eigenvalue weighted by Gasteiger charge is -2.21. The fraction of sp³-hybridized carbons (Fsp3) is 0.471. The van der Waals surface area contributed by atoms with Gasteiger partial charge in [0.25, 0.3) is 0 Å². The van der Waals surface area contributed by atoms with E-state index in [9.17, 15) is 4.39 Å². The second-order valence-electron chi connectivity index (χ2n) is 6.93. The Hall–Kier alpha value is -1.84. The maximum absolute atomic E-state index is 13.1. The molecule has 21 heavy (non-hydrogen) atoms. The maximum Gasteiger partial charge on any atom is 0.131 e. The van der Waals surface area contributed by atoms with Crippen molar-refractivity contribution in [1.82, 2.24) is 9.55 Å². The van der Waals surface area contributed by atoms with E-state index in [0.29, 0.717) is 11.7 Å². The fourth-order valence-corrected chi connectivity index (χ4v) is 2.41. The van der Waals surface area contributed by atoms with Gasteiger partial charge in [-0.05, 0) is 30.2 Å². The zero-order valence-corrected chi connectivity index (χ0v) is 13.4. The second-order valence-corrected chi connectivity index (χ2v) is 6.93. The molecule has 4 heteroatoms. The van der Waals surface area contributed by atoms with Crippen LogP contribution in [0.5, 0.6) is 0 Å². The molecular weight excluding hydrogens is 265 g/mol. The molecule has 3 nitrogen and oxygen atoms in total. The van der Waals surface area contributed by atoms with Crippen LogP contribution in [0.3, 0.4) is 0 Å². The second kappa shape index (κ2) is 5.51. The molecule has 1 aromatic carbocycles. The zero-order chi connectivity index (χ0) is 15.8. The van der Waals surface area contributed by atoms with Crippen molar-refractivity contribution in [1.29, 1.82) is 0 Å². The first kappa shape index (κ1) is 15.5. The van der Waals surface area contributed by atoms with Crippen LogP contribution in [-0.2, 0) is 12.0 Å². The van der Waals surface area contributed by atoms with Crippen molar-refractivity contribution in [3.8, 4) is 11.3 Å². The molecule has 2 N–H and O–H groups in total. The van der Waals surface area contributed by atoms with E-state index in [-0.39, 0.29) is 11.2 Å². The Morgan fingerprint density at radius 3 is 2.24 bits per heavy atom. The molecule has 2 aromatic rings. The molecule has 2 rings (SSSR count). The summed E-state index contributed by atoms with van der Waals surface area (Å²) in [6, 6.07) is 6.32. The lowest BCUT2D eigenvalue weighted by atomic mass is 9.95. The minimum atomic E-state index is -0.255. The molecule has 0 atom stereocenters. The van der Waals surface area contributed by atoms with Gasteiger partial charge in [-0.2, -0.15) is 0 Å². The van der Waals surface area contributed by atoms with Gasteiger partial charge in [0.2, 0.25) is 0 Å². The van der Waals surface area contributed by atoms with Crippen LogP contribution in [0, 0.1) is 11.7 Å². The van der Waals surface area contributed by atoms with Gasteiger partial charge in [-0.3, -0.25) is 0 Å². The number of halogens is 1. The average molecular weight is 289 g/mol. The third kappa shape index (κ3) is 3.26. The van der Waals surface area contributed by atoms with Crippen molar-refractivity contribution in [3.63, 3.8) is 0 Å². The summed E-state index contributed by atoms with van der Waals surface area (Å²) in [7, 11) is 0. The summed E-state index contributed by atoms with van der Waals surface area (Å²) in [6.07, 6.45) is 0. The first-order valence-corrected chi connectivity index (χ1v) is 7.32. The van der Waals surface area contributed by atoms with Gasteiger partial charge in [0.05, 0.1) is 0 Å². The number of hydrogen-bond acceptors (Lipinski definition) is 2. The van der Waals surface area contributed by atoms with Gasteiger partial charge >= 0.3 is 0 Å².